The van der Waals surface area contributed by atoms with Crippen molar-refractivity contribution in [2.45, 2.75) is 6.92 Å². The van der Waals surface area contributed by atoms with Crippen molar-refractivity contribution in [2.24, 2.45) is 0 Å². The number of rotatable bonds is 2. The third-order valence-electron chi connectivity index (χ3n) is 2.55. The molecule has 1 aromatic carbocycles. The third-order valence-corrected chi connectivity index (χ3v) is 5.11. The van der Waals surface area contributed by atoms with E-state index in [1.54, 1.807) is 17.4 Å². The molecule has 0 aliphatic heterocycles. The Morgan fingerprint density at radius 1 is 1.26 bits per heavy atom. The number of aromatic nitrogens is 1. The minimum absolute atomic E-state index is 0.0868. The van der Waals surface area contributed by atoms with Gasteiger partial charge in [0.15, 0.2) is 0 Å². The normalized spacial score (nSPS) is 10.8. The Balaban J connectivity index is 1.86. The van der Waals surface area contributed by atoms with Crippen molar-refractivity contribution in [3.8, 4) is 0 Å². The summed E-state index contributed by atoms with van der Waals surface area (Å²) >= 11 is 6.40. The van der Waals surface area contributed by atoms with Crippen molar-refractivity contribution >= 4 is 60.4 Å². The Labute approximate surface area is 126 Å². The summed E-state index contributed by atoms with van der Waals surface area (Å²) < 4.78 is 2.04. The number of hydrogen-bond donors (Lipinski definition) is 1. The number of aryl methyl sites for hydroxylation is 1. The average Bonchev–Trinajstić information content (AvgIpc) is 2.93. The van der Waals surface area contributed by atoms with Crippen molar-refractivity contribution in [1.29, 1.82) is 0 Å². The predicted molar refractivity (Wildman–Crippen MR) is 84.3 cm³/mol. The minimum atomic E-state index is -0.0868. The molecule has 0 unspecified atom stereocenters. The van der Waals surface area contributed by atoms with Crippen LogP contribution in [-0.4, -0.2) is 10.9 Å². The number of benzene rings is 1. The van der Waals surface area contributed by atoms with E-state index in [9.17, 15) is 4.79 Å². The fourth-order valence-electron chi connectivity index (χ4n) is 1.75. The van der Waals surface area contributed by atoms with Crippen LogP contribution in [0.3, 0.4) is 0 Å². The number of nitrogens with zero attached hydrogens (tertiary/aromatic N) is 1. The number of thiophene rings is 1. The van der Waals surface area contributed by atoms with Gasteiger partial charge in [-0.15, -0.1) is 22.7 Å². The molecule has 0 saturated carbocycles. The molecule has 3 rings (SSSR count). The minimum Gasteiger partial charge on any atom is -0.321 e. The molecule has 0 aliphatic rings. The van der Waals surface area contributed by atoms with E-state index in [4.69, 9.17) is 0 Å². The first kappa shape index (κ1) is 12.8. The van der Waals surface area contributed by atoms with Crippen LogP contribution in [0.4, 0.5) is 5.69 Å². The summed E-state index contributed by atoms with van der Waals surface area (Å²) in [5, 5.41) is 3.93. The number of fused-ring (bicyclic) bond motifs is 1. The van der Waals surface area contributed by atoms with Crippen LogP contribution in [0.25, 0.3) is 10.2 Å². The zero-order valence-electron chi connectivity index (χ0n) is 9.94. The second-order valence-corrected chi connectivity index (χ2v) is 7.67. The summed E-state index contributed by atoms with van der Waals surface area (Å²) in [5.41, 5.74) is 1.77. The van der Waals surface area contributed by atoms with Gasteiger partial charge in [0.05, 0.1) is 23.9 Å². The Morgan fingerprint density at radius 3 is 2.84 bits per heavy atom. The molecule has 0 aliphatic carbocycles. The third kappa shape index (κ3) is 2.70. The smallest absolute Gasteiger partial charge is 0.265 e. The monoisotopic (exact) mass is 352 g/mol. The van der Waals surface area contributed by atoms with Gasteiger partial charge in [0, 0.05) is 5.69 Å². The lowest BCUT2D eigenvalue weighted by atomic mass is 10.3. The maximum absolute atomic E-state index is 12.0. The Hall–Kier alpha value is -1.24. The Bertz CT molecular complexity index is 763. The van der Waals surface area contributed by atoms with Gasteiger partial charge in [-0.3, -0.25) is 4.79 Å². The molecule has 3 aromatic rings. The number of carbonyl (C=O) groups is 1. The lowest BCUT2D eigenvalue weighted by Gasteiger charge is -2.02. The highest BCUT2D eigenvalue weighted by molar-refractivity contribution is 9.11. The summed E-state index contributed by atoms with van der Waals surface area (Å²) in [6.45, 7) is 1.98. The van der Waals surface area contributed by atoms with Crippen molar-refractivity contribution in [3.05, 3.63) is 44.0 Å². The van der Waals surface area contributed by atoms with Gasteiger partial charge in [-0.1, -0.05) is 0 Å². The van der Waals surface area contributed by atoms with Gasteiger partial charge in [0.1, 0.15) is 0 Å². The van der Waals surface area contributed by atoms with Gasteiger partial charge in [0.25, 0.3) is 5.91 Å². The van der Waals surface area contributed by atoms with Crippen LogP contribution in [-0.2, 0) is 0 Å². The predicted octanol–water partition coefficient (Wildman–Crippen LogP) is 4.68. The van der Waals surface area contributed by atoms with Crippen LogP contribution >= 0.6 is 38.6 Å². The molecule has 1 N–H and O–H groups in total. The van der Waals surface area contributed by atoms with E-state index in [-0.39, 0.29) is 5.91 Å². The highest BCUT2D eigenvalue weighted by Gasteiger charge is 2.09. The van der Waals surface area contributed by atoms with E-state index in [2.05, 4.69) is 26.2 Å². The van der Waals surface area contributed by atoms with E-state index in [0.29, 0.717) is 4.88 Å². The lowest BCUT2D eigenvalue weighted by Crippen LogP contribution is -2.09. The molecular weight excluding hydrogens is 344 g/mol. The average molecular weight is 353 g/mol. The molecule has 2 aromatic heterocycles. The maximum atomic E-state index is 12.0. The van der Waals surface area contributed by atoms with E-state index in [1.165, 1.54) is 11.3 Å². The van der Waals surface area contributed by atoms with Crippen LogP contribution in [0.15, 0.2) is 34.1 Å². The first-order chi connectivity index (χ1) is 9.11. The molecule has 1 amide bonds. The fourth-order valence-corrected chi connectivity index (χ4v) is 3.89. The van der Waals surface area contributed by atoms with Crippen LogP contribution < -0.4 is 5.32 Å². The number of amides is 1. The summed E-state index contributed by atoms with van der Waals surface area (Å²) in [4.78, 5) is 17.1. The molecule has 2 heterocycles. The topological polar surface area (TPSA) is 42.0 Å². The van der Waals surface area contributed by atoms with Crippen molar-refractivity contribution in [1.82, 2.24) is 4.98 Å². The summed E-state index contributed by atoms with van der Waals surface area (Å²) in [6.07, 6.45) is 0. The van der Waals surface area contributed by atoms with E-state index < -0.39 is 0 Å². The number of hydrogen-bond acceptors (Lipinski definition) is 4. The molecule has 6 heteroatoms. The second-order valence-electron chi connectivity index (χ2n) is 3.97. The van der Waals surface area contributed by atoms with Gasteiger partial charge in [-0.2, -0.15) is 0 Å². The van der Waals surface area contributed by atoms with Gasteiger partial charge >= 0.3 is 0 Å². The van der Waals surface area contributed by atoms with Gasteiger partial charge in [-0.25, -0.2) is 4.98 Å². The van der Waals surface area contributed by atoms with Crippen molar-refractivity contribution in [3.63, 3.8) is 0 Å². The first-order valence-electron chi connectivity index (χ1n) is 5.56. The zero-order chi connectivity index (χ0) is 13.4. The second kappa shape index (κ2) is 5.03. The Kier molecular flexibility index (Phi) is 3.38. The molecule has 0 saturated heterocycles. The SMILES string of the molecule is Cc1nc2ccc(NC(=O)c3ccc(Br)s3)cc2s1. The van der Waals surface area contributed by atoms with Crippen LogP contribution in [0.5, 0.6) is 0 Å². The molecule has 19 heavy (non-hydrogen) atoms. The van der Waals surface area contributed by atoms with Gasteiger partial charge < -0.3 is 5.32 Å². The molecule has 0 radical (unpaired) electrons. The molecule has 0 fully saturated rings. The van der Waals surface area contributed by atoms with E-state index >= 15 is 0 Å². The summed E-state index contributed by atoms with van der Waals surface area (Å²) in [5.74, 6) is -0.0868. The molecule has 96 valence electrons. The van der Waals surface area contributed by atoms with Crippen LogP contribution in [0.2, 0.25) is 0 Å². The standard InChI is InChI=1S/C13H9BrN2OS2/c1-7-15-9-3-2-8(6-11(9)18-7)16-13(17)10-4-5-12(14)19-10/h2-6H,1H3,(H,16,17). The molecular formula is C13H9BrN2OS2. The fraction of sp³-hybridized carbons (Fsp3) is 0.0769. The highest BCUT2D eigenvalue weighted by atomic mass is 79.9. The highest BCUT2D eigenvalue weighted by Crippen LogP contribution is 2.26. The molecule has 0 bridgehead atoms. The van der Waals surface area contributed by atoms with Gasteiger partial charge in [0.2, 0.25) is 0 Å². The number of carbonyl (C=O) groups excluding carboxylic acids is 1. The van der Waals surface area contributed by atoms with Crippen LogP contribution in [0, 0.1) is 6.92 Å². The molecule has 0 atom stereocenters. The lowest BCUT2D eigenvalue weighted by molar-refractivity contribution is 0.103. The number of halogens is 1. The number of anilines is 1. The zero-order valence-corrected chi connectivity index (χ0v) is 13.2. The number of thiazole rings is 1. The van der Waals surface area contributed by atoms with Crippen LogP contribution in [0.1, 0.15) is 14.7 Å². The summed E-state index contributed by atoms with van der Waals surface area (Å²) in [7, 11) is 0. The van der Waals surface area contributed by atoms with E-state index in [1.807, 2.05) is 31.2 Å². The molecule has 0 spiro atoms. The summed E-state index contributed by atoms with van der Waals surface area (Å²) in [6, 6.07) is 9.44. The van der Waals surface area contributed by atoms with E-state index in [0.717, 1.165) is 24.7 Å². The van der Waals surface area contributed by atoms with Crippen molar-refractivity contribution in [2.75, 3.05) is 5.32 Å². The Morgan fingerprint density at radius 2 is 2.11 bits per heavy atom. The molecule has 3 nitrogen and oxygen atoms in total. The number of nitrogens with one attached hydrogen (secondary N) is 1. The largest absolute Gasteiger partial charge is 0.321 e. The van der Waals surface area contributed by atoms with Gasteiger partial charge in [-0.05, 0) is 53.2 Å². The first-order valence-corrected chi connectivity index (χ1v) is 7.98. The quantitative estimate of drug-likeness (QED) is 0.727. The maximum Gasteiger partial charge on any atom is 0.265 e. The van der Waals surface area contributed by atoms with Crippen molar-refractivity contribution < 1.29 is 4.79 Å².